The summed E-state index contributed by atoms with van der Waals surface area (Å²) < 4.78 is 27.9. The van der Waals surface area contributed by atoms with Gasteiger partial charge in [-0.05, 0) is 44.0 Å². The first-order valence-corrected chi connectivity index (χ1v) is 10.2. The van der Waals surface area contributed by atoms with E-state index in [4.69, 9.17) is 0 Å². The quantitative estimate of drug-likeness (QED) is 0.420. The summed E-state index contributed by atoms with van der Waals surface area (Å²) in [6, 6.07) is 12.6. The third kappa shape index (κ3) is 3.67. The first-order chi connectivity index (χ1) is 12.8. The van der Waals surface area contributed by atoms with E-state index >= 15 is 0 Å². The summed E-state index contributed by atoms with van der Waals surface area (Å²) in [6.07, 6.45) is 7.99. The molecule has 1 aromatic heterocycles. The SMILES string of the molecule is C=CCc1cccc2c1c(/C=C/C(=C)C)cn2S(=O)(=O)c1ccc(C)cc1. The van der Waals surface area contributed by atoms with Gasteiger partial charge < -0.3 is 0 Å². The molecule has 0 saturated carbocycles. The second kappa shape index (κ2) is 7.41. The topological polar surface area (TPSA) is 39.1 Å². The van der Waals surface area contributed by atoms with Crippen molar-refractivity contribution in [2.24, 2.45) is 0 Å². The average molecular weight is 378 g/mol. The Hall–Kier alpha value is -2.85. The number of hydrogen-bond donors (Lipinski definition) is 0. The van der Waals surface area contributed by atoms with Crippen molar-refractivity contribution in [2.45, 2.75) is 25.2 Å². The van der Waals surface area contributed by atoms with Crippen LogP contribution in [0.25, 0.3) is 17.0 Å². The lowest BCUT2D eigenvalue weighted by molar-refractivity contribution is 0.589. The molecule has 0 N–H and O–H groups in total. The highest BCUT2D eigenvalue weighted by Gasteiger charge is 2.21. The van der Waals surface area contributed by atoms with Gasteiger partial charge in [0.2, 0.25) is 0 Å². The molecule has 0 spiro atoms. The third-order valence-corrected chi connectivity index (χ3v) is 6.09. The van der Waals surface area contributed by atoms with E-state index in [1.807, 2.05) is 62.4 Å². The van der Waals surface area contributed by atoms with Crippen LogP contribution in [0, 0.1) is 6.92 Å². The van der Waals surface area contributed by atoms with Crippen LogP contribution in [0.3, 0.4) is 0 Å². The fourth-order valence-corrected chi connectivity index (χ4v) is 4.44. The highest BCUT2D eigenvalue weighted by atomic mass is 32.2. The number of nitrogens with zero attached hydrogens (tertiary/aromatic N) is 1. The summed E-state index contributed by atoms with van der Waals surface area (Å²) in [7, 11) is -3.70. The molecule has 1 heterocycles. The Balaban J connectivity index is 2.30. The van der Waals surface area contributed by atoms with E-state index in [9.17, 15) is 8.42 Å². The highest BCUT2D eigenvalue weighted by molar-refractivity contribution is 7.90. The van der Waals surface area contributed by atoms with Gasteiger partial charge in [-0.1, -0.05) is 60.2 Å². The molecule has 0 amide bonds. The molecule has 0 aliphatic heterocycles. The van der Waals surface area contributed by atoms with E-state index in [0.717, 1.165) is 27.6 Å². The molecule has 138 valence electrons. The Morgan fingerprint density at radius 2 is 1.85 bits per heavy atom. The zero-order chi connectivity index (χ0) is 19.6. The first kappa shape index (κ1) is 18.9. The molecule has 0 radical (unpaired) electrons. The minimum Gasteiger partial charge on any atom is -0.241 e. The van der Waals surface area contributed by atoms with Gasteiger partial charge in [0.05, 0.1) is 10.4 Å². The minimum atomic E-state index is -3.70. The maximum Gasteiger partial charge on any atom is 0.268 e. The fourth-order valence-electron chi connectivity index (χ4n) is 3.07. The van der Waals surface area contributed by atoms with E-state index in [1.54, 1.807) is 18.3 Å². The van der Waals surface area contributed by atoms with Crippen molar-refractivity contribution in [3.05, 3.63) is 96.2 Å². The number of rotatable bonds is 6. The molecule has 0 aliphatic carbocycles. The van der Waals surface area contributed by atoms with E-state index in [-0.39, 0.29) is 4.90 Å². The molecule has 0 fully saturated rings. The molecule has 4 heteroatoms. The van der Waals surface area contributed by atoms with Crippen LogP contribution >= 0.6 is 0 Å². The molecule has 0 aliphatic rings. The van der Waals surface area contributed by atoms with Crippen molar-refractivity contribution >= 4 is 27.0 Å². The van der Waals surface area contributed by atoms with Crippen LogP contribution < -0.4 is 0 Å². The van der Waals surface area contributed by atoms with Crippen molar-refractivity contribution < 1.29 is 8.42 Å². The van der Waals surface area contributed by atoms with Crippen LogP contribution in [0.5, 0.6) is 0 Å². The van der Waals surface area contributed by atoms with Crippen LogP contribution in [-0.2, 0) is 16.4 Å². The summed E-state index contributed by atoms with van der Waals surface area (Å²) in [5.74, 6) is 0. The Labute approximate surface area is 161 Å². The van der Waals surface area contributed by atoms with Gasteiger partial charge in [0, 0.05) is 17.1 Å². The predicted molar refractivity (Wildman–Crippen MR) is 113 cm³/mol. The van der Waals surface area contributed by atoms with Crippen molar-refractivity contribution in [1.29, 1.82) is 0 Å². The molecular formula is C23H23NO2S. The lowest BCUT2D eigenvalue weighted by Gasteiger charge is -2.08. The van der Waals surface area contributed by atoms with E-state index in [2.05, 4.69) is 13.2 Å². The van der Waals surface area contributed by atoms with Crippen LogP contribution in [0.4, 0.5) is 0 Å². The molecule has 3 rings (SSSR count). The van der Waals surface area contributed by atoms with Gasteiger partial charge in [-0.25, -0.2) is 12.4 Å². The van der Waals surface area contributed by atoms with Gasteiger partial charge in [0.1, 0.15) is 0 Å². The third-order valence-electron chi connectivity index (χ3n) is 4.40. The number of aryl methyl sites for hydroxylation is 1. The fraction of sp³-hybridized carbons (Fsp3) is 0.130. The molecule has 0 bridgehead atoms. The van der Waals surface area contributed by atoms with E-state index in [1.165, 1.54) is 3.97 Å². The molecule has 2 aromatic carbocycles. The predicted octanol–water partition coefficient (Wildman–Crippen LogP) is 5.50. The van der Waals surface area contributed by atoms with Gasteiger partial charge in [-0.2, -0.15) is 0 Å². The van der Waals surface area contributed by atoms with Crippen molar-refractivity contribution in [2.75, 3.05) is 0 Å². The van der Waals surface area contributed by atoms with Crippen molar-refractivity contribution in [3.63, 3.8) is 0 Å². The summed E-state index contributed by atoms with van der Waals surface area (Å²) in [4.78, 5) is 0.273. The first-order valence-electron chi connectivity index (χ1n) is 8.74. The van der Waals surface area contributed by atoms with Gasteiger partial charge in [0.25, 0.3) is 10.0 Å². The zero-order valence-corrected chi connectivity index (χ0v) is 16.5. The highest BCUT2D eigenvalue weighted by Crippen LogP contribution is 2.30. The smallest absolute Gasteiger partial charge is 0.241 e. The maximum absolute atomic E-state index is 13.3. The zero-order valence-electron chi connectivity index (χ0n) is 15.6. The Morgan fingerprint density at radius 1 is 1.15 bits per heavy atom. The Bertz CT molecular complexity index is 1150. The van der Waals surface area contributed by atoms with Crippen LogP contribution in [0.2, 0.25) is 0 Å². The lowest BCUT2D eigenvalue weighted by atomic mass is 10.0. The molecular weight excluding hydrogens is 354 g/mol. The molecule has 0 unspecified atom stereocenters. The number of fused-ring (bicyclic) bond motifs is 1. The summed E-state index contributed by atoms with van der Waals surface area (Å²) >= 11 is 0. The number of aromatic nitrogens is 1. The number of allylic oxidation sites excluding steroid dienone is 3. The minimum absolute atomic E-state index is 0.273. The van der Waals surface area contributed by atoms with Gasteiger partial charge in [-0.3, -0.25) is 0 Å². The normalized spacial score (nSPS) is 11.9. The monoisotopic (exact) mass is 377 g/mol. The second-order valence-electron chi connectivity index (χ2n) is 6.68. The van der Waals surface area contributed by atoms with Gasteiger partial charge >= 0.3 is 0 Å². The molecule has 27 heavy (non-hydrogen) atoms. The molecule has 0 atom stereocenters. The summed E-state index contributed by atoms with van der Waals surface area (Å²) in [5.41, 5.74) is 4.47. The number of benzene rings is 2. The molecule has 3 nitrogen and oxygen atoms in total. The number of hydrogen-bond acceptors (Lipinski definition) is 2. The van der Waals surface area contributed by atoms with E-state index in [0.29, 0.717) is 11.9 Å². The summed E-state index contributed by atoms with van der Waals surface area (Å²) in [5, 5.41) is 0.922. The van der Waals surface area contributed by atoms with Crippen molar-refractivity contribution in [3.8, 4) is 0 Å². The Morgan fingerprint density at radius 3 is 2.48 bits per heavy atom. The van der Waals surface area contributed by atoms with Gasteiger partial charge in [-0.15, -0.1) is 6.58 Å². The Kier molecular flexibility index (Phi) is 5.19. The maximum atomic E-state index is 13.3. The molecule has 0 saturated heterocycles. The van der Waals surface area contributed by atoms with E-state index < -0.39 is 10.0 Å². The summed E-state index contributed by atoms with van der Waals surface area (Å²) in [6.45, 7) is 11.6. The van der Waals surface area contributed by atoms with Crippen LogP contribution in [-0.4, -0.2) is 12.4 Å². The van der Waals surface area contributed by atoms with Crippen LogP contribution in [0.1, 0.15) is 23.6 Å². The molecule has 3 aromatic rings. The van der Waals surface area contributed by atoms with Gasteiger partial charge in [0.15, 0.2) is 0 Å². The standard InChI is InChI=1S/C23H23NO2S/c1-5-7-19-8-6-9-22-23(19)20(13-10-17(2)3)16-24(22)27(25,26)21-14-11-18(4)12-15-21/h5-6,8-16H,1-2,7H2,3-4H3/b13-10+. The average Bonchev–Trinajstić information content (AvgIpc) is 3.01. The van der Waals surface area contributed by atoms with Crippen LogP contribution in [0.15, 0.2) is 84.4 Å². The lowest BCUT2D eigenvalue weighted by Crippen LogP contribution is -2.11. The largest absolute Gasteiger partial charge is 0.268 e. The van der Waals surface area contributed by atoms with Crippen molar-refractivity contribution in [1.82, 2.24) is 3.97 Å². The second-order valence-corrected chi connectivity index (χ2v) is 8.50.